The summed E-state index contributed by atoms with van der Waals surface area (Å²) in [6, 6.07) is 4.64. The molecule has 4 heterocycles. The van der Waals surface area contributed by atoms with Gasteiger partial charge in [-0.1, -0.05) is 6.07 Å². The predicted molar refractivity (Wildman–Crippen MR) is 122 cm³/mol. The normalized spacial score (nSPS) is 23.2. The molecule has 0 radical (unpaired) electrons. The van der Waals surface area contributed by atoms with Gasteiger partial charge < -0.3 is 20.0 Å². The number of urea groups is 1. The van der Waals surface area contributed by atoms with Gasteiger partial charge in [0.1, 0.15) is 6.04 Å². The molecule has 5 rings (SSSR count). The first-order valence-electron chi connectivity index (χ1n) is 12.0. The van der Waals surface area contributed by atoms with Crippen molar-refractivity contribution in [2.45, 2.75) is 51.1 Å². The maximum atomic E-state index is 13.0. The first-order chi connectivity index (χ1) is 16.4. The fourth-order valence-corrected chi connectivity index (χ4v) is 5.32. The number of nitrogens with one attached hydrogen (secondary N) is 2. The molecule has 10 nitrogen and oxygen atoms in total. The molecule has 0 spiro atoms. The summed E-state index contributed by atoms with van der Waals surface area (Å²) in [4.78, 5) is 67.3. The lowest BCUT2D eigenvalue weighted by Gasteiger charge is -2.34. The van der Waals surface area contributed by atoms with Crippen molar-refractivity contribution in [1.29, 1.82) is 0 Å². The maximum Gasteiger partial charge on any atom is 0.319 e. The van der Waals surface area contributed by atoms with Gasteiger partial charge in [0.15, 0.2) is 0 Å². The molecule has 4 aliphatic heterocycles. The largest absolute Gasteiger partial charge is 0.326 e. The average molecular weight is 468 g/mol. The van der Waals surface area contributed by atoms with Crippen LogP contribution in [0.2, 0.25) is 0 Å². The molecule has 0 aliphatic carbocycles. The van der Waals surface area contributed by atoms with Gasteiger partial charge in [0.25, 0.3) is 5.91 Å². The lowest BCUT2D eigenvalue weighted by Crippen LogP contribution is -2.52. The Bertz CT molecular complexity index is 1040. The quantitative estimate of drug-likeness (QED) is 0.650. The summed E-state index contributed by atoms with van der Waals surface area (Å²) in [6.45, 7) is 3.07. The van der Waals surface area contributed by atoms with Gasteiger partial charge >= 0.3 is 6.03 Å². The van der Waals surface area contributed by atoms with Crippen LogP contribution in [0.15, 0.2) is 18.2 Å². The number of benzene rings is 1. The van der Waals surface area contributed by atoms with Crippen LogP contribution in [-0.4, -0.2) is 76.6 Å². The van der Waals surface area contributed by atoms with E-state index in [1.165, 1.54) is 4.90 Å². The molecule has 6 amide bonds. The molecule has 1 aromatic rings. The van der Waals surface area contributed by atoms with Crippen LogP contribution in [-0.2, 0) is 20.9 Å². The second-order valence-corrected chi connectivity index (χ2v) is 9.50. The van der Waals surface area contributed by atoms with E-state index in [0.717, 1.165) is 31.5 Å². The second-order valence-electron chi connectivity index (χ2n) is 9.50. The Labute approximate surface area is 197 Å². The highest BCUT2D eigenvalue weighted by molar-refractivity contribution is 6.06. The maximum absolute atomic E-state index is 13.0. The summed E-state index contributed by atoms with van der Waals surface area (Å²) in [7, 11) is 0. The van der Waals surface area contributed by atoms with E-state index in [1.807, 2.05) is 9.80 Å². The van der Waals surface area contributed by atoms with Crippen molar-refractivity contribution in [2.75, 3.05) is 31.5 Å². The zero-order valence-electron chi connectivity index (χ0n) is 19.0. The summed E-state index contributed by atoms with van der Waals surface area (Å²) in [5.41, 5.74) is 1.80. The van der Waals surface area contributed by atoms with Crippen LogP contribution in [0.1, 0.15) is 54.4 Å². The number of imide groups is 1. The monoisotopic (exact) mass is 467 g/mol. The number of carbonyl (C=O) groups is 5. The van der Waals surface area contributed by atoms with E-state index in [4.69, 9.17) is 0 Å². The summed E-state index contributed by atoms with van der Waals surface area (Å²) < 4.78 is 0. The molecule has 10 heteroatoms. The van der Waals surface area contributed by atoms with Gasteiger partial charge in [0, 0.05) is 56.3 Å². The van der Waals surface area contributed by atoms with Gasteiger partial charge in [0.2, 0.25) is 17.7 Å². The zero-order chi connectivity index (χ0) is 23.8. The lowest BCUT2D eigenvalue weighted by atomic mass is 9.96. The molecule has 2 N–H and O–H groups in total. The predicted octanol–water partition coefficient (Wildman–Crippen LogP) is 1.31. The van der Waals surface area contributed by atoms with Crippen LogP contribution in [0.4, 0.5) is 10.5 Å². The topological polar surface area (TPSA) is 119 Å². The van der Waals surface area contributed by atoms with Crippen molar-refractivity contribution in [2.24, 2.45) is 5.92 Å². The fraction of sp³-hybridized carbons (Fsp3) is 0.542. The third-order valence-corrected chi connectivity index (χ3v) is 7.31. The minimum atomic E-state index is -0.663. The number of fused-ring (bicyclic) bond motifs is 1. The Morgan fingerprint density at radius 3 is 2.35 bits per heavy atom. The van der Waals surface area contributed by atoms with Crippen molar-refractivity contribution >= 4 is 35.3 Å². The molecule has 1 unspecified atom stereocenters. The van der Waals surface area contributed by atoms with Crippen LogP contribution in [0.3, 0.4) is 0 Å². The highest BCUT2D eigenvalue weighted by Gasteiger charge is 2.39. The van der Waals surface area contributed by atoms with Crippen LogP contribution in [0.25, 0.3) is 0 Å². The number of hydrogen-bond donors (Lipinski definition) is 2. The lowest BCUT2D eigenvalue weighted by molar-refractivity contribution is -0.137. The number of piperidine rings is 2. The SMILES string of the molecule is O=C1CCC(N2Cc3ccc(NC(=O)C4CCN(C(=O)N5CCCC5)CC4)cc3C2=O)C(=O)N1. The summed E-state index contributed by atoms with van der Waals surface area (Å²) in [6.07, 6.45) is 3.85. The van der Waals surface area contributed by atoms with Crippen molar-refractivity contribution in [3.63, 3.8) is 0 Å². The standard InChI is InChI=1S/C24H29N5O5/c30-20-6-5-19(22(32)26-20)29-14-16-3-4-17(13-18(16)23(29)33)25-21(31)15-7-11-28(12-8-15)24(34)27-9-1-2-10-27/h3-4,13,15,19H,1-2,5-12,14H2,(H,25,31)(H,26,30,32). The number of rotatable bonds is 3. The van der Waals surface area contributed by atoms with E-state index in [2.05, 4.69) is 10.6 Å². The molecule has 34 heavy (non-hydrogen) atoms. The van der Waals surface area contributed by atoms with Gasteiger partial charge in [-0.25, -0.2) is 4.79 Å². The molecule has 3 saturated heterocycles. The fourth-order valence-electron chi connectivity index (χ4n) is 5.32. The van der Waals surface area contributed by atoms with Gasteiger partial charge in [-0.3, -0.25) is 24.5 Å². The van der Waals surface area contributed by atoms with E-state index < -0.39 is 11.9 Å². The van der Waals surface area contributed by atoms with E-state index in [0.29, 0.717) is 50.1 Å². The van der Waals surface area contributed by atoms with E-state index >= 15 is 0 Å². The molecule has 3 fully saturated rings. The molecule has 1 aromatic carbocycles. The third kappa shape index (κ3) is 4.24. The number of carbonyl (C=O) groups excluding carboxylic acids is 5. The molecular formula is C24H29N5O5. The summed E-state index contributed by atoms with van der Waals surface area (Å²) in [5.74, 6) is -1.33. The Morgan fingerprint density at radius 1 is 0.941 bits per heavy atom. The first kappa shape index (κ1) is 22.4. The third-order valence-electron chi connectivity index (χ3n) is 7.31. The highest BCUT2D eigenvalue weighted by Crippen LogP contribution is 2.30. The van der Waals surface area contributed by atoms with Gasteiger partial charge in [-0.2, -0.15) is 0 Å². The Hall–Kier alpha value is -3.43. The second kappa shape index (κ2) is 9.08. The first-order valence-corrected chi connectivity index (χ1v) is 12.0. The zero-order valence-corrected chi connectivity index (χ0v) is 19.0. The highest BCUT2D eigenvalue weighted by atomic mass is 16.2. The Balaban J connectivity index is 1.18. The summed E-state index contributed by atoms with van der Waals surface area (Å²) in [5, 5.41) is 5.22. The molecule has 180 valence electrons. The molecule has 0 saturated carbocycles. The smallest absolute Gasteiger partial charge is 0.319 e. The van der Waals surface area contributed by atoms with Gasteiger partial charge in [-0.05, 0) is 49.8 Å². The molecule has 1 atom stereocenters. The van der Waals surface area contributed by atoms with Crippen molar-refractivity contribution in [1.82, 2.24) is 20.0 Å². The number of anilines is 1. The van der Waals surface area contributed by atoms with Crippen molar-refractivity contribution in [3.05, 3.63) is 29.3 Å². The van der Waals surface area contributed by atoms with Crippen molar-refractivity contribution in [3.8, 4) is 0 Å². The number of nitrogens with zero attached hydrogens (tertiary/aromatic N) is 3. The van der Waals surface area contributed by atoms with Crippen molar-refractivity contribution < 1.29 is 24.0 Å². The summed E-state index contributed by atoms with van der Waals surface area (Å²) >= 11 is 0. The van der Waals surface area contributed by atoms with Gasteiger partial charge in [0.05, 0.1) is 0 Å². The molecule has 0 bridgehead atoms. The molecule has 4 aliphatic rings. The van der Waals surface area contributed by atoms with Crippen LogP contribution >= 0.6 is 0 Å². The molecule has 0 aromatic heterocycles. The number of likely N-dealkylation sites (tertiary alicyclic amines) is 2. The van der Waals surface area contributed by atoms with Crippen LogP contribution in [0, 0.1) is 5.92 Å². The number of amides is 6. The Kier molecular flexibility index (Phi) is 5.97. The number of hydrogen-bond acceptors (Lipinski definition) is 5. The molecular weight excluding hydrogens is 438 g/mol. The van der Waals surface area contributed by atoms with E-state index in [1.54, 1.807) is 18.2 Å². The van der Waals surface area contributed by atoms with E-state index in [-0.39, 0.29) is 36.1 Å². The van der Waals surface area contributed by atoms with Crippen LogP contribution in [0.5, 0.6) is 0 Å². The van der Waals surface area contributed by atoms with Crippen LogP contribution < -0.4 is 10.6 Å². The van der Waals surface area contributed by atoms with Gasteiger partial charge in [-0.15, -0.1) is 0 Å². The minimum Gasteiger partial charge on any atom is -0.326 e. The minimum absolute atomic E-state index is 0.0778. The average Bonchev–Trinajstić information content (AvgIpc) is 3.48. The van der Waals surface area contributed by atoms with E-state index in [9.17, 15) is 24.0 Å². The Morgan fingerprint density at radius 2 is 1.65 bits per heavy atom.